The molecule has 1 aromatic rings. The molecule has 0 saturated carbocycles. The van der Waals surface area contributed by atoms with E-state index >= 15 is 0 Å². The Balaban J connectivity index is 0. The van der Waals surface area contributed by atoms with Gasteiger partial charge in [-0.15, -0.1) is 5.46 Å². The van der Waals surface area contributed by atoms with Crippen LogP contribution in [-0.2, 0) is 0 Å². The molecular weight excluding hydrogens is 131 g/mol. The van der Waals surface area contributed by atoms with Crippen LogP contribution in [0.1, 0.15) is 0 Å². The van der Waals surface area contributed by atoms with Gasteiger partial charge in [-0.3, -0.25) is 4.98 Å². The molecule has 0 fully saturated rings. The Morgan fingerprint density at radius 1 is 1.09 bits per heavy atom. The predicted molar refractivity (Wildman–Crippen MR) is 29.6 cm³/mol. The molecule has 0 spiro atoms. The fourth-order valence-corrected chi connectivity index (χ4v) is 0.521. The molecule has 0 aliphatic heterocycles. The van der Waals surface area contributed by atoms with Crippen LogP contribution in [0.3, 0.4) is 0 Å². The van der Waals surface area contributed by atoms with Gasteiger partial charge in [-0.05, 0) is 0 Å². The number of aromatic nitrogens is 1. The summed E-state index contributed by atoms with van der Waals surface area (Å²) in [5.74, 6) is 0. The van der Waals surface area contributed by atoms with Gasteiger partial charge in [-0.2, -0.15) is 0 Å². The molecule has 6 heteroatoms. The molecule has 0 saturated heterocycles. The summed E-state index contributed by atoms with van der Waals surface area (Å²) >= 11 is 0. The third-order valence-electron chi connectivity index (χ3n) is 0.978. The molecule has 0 amide bonds. The van der Waals surface area contributed by atoms with Gasteiger partial charge in [0.2, 0.25) is 0 Å². The minimum atomic E-state index is -1.88. The van der Waals surface area contributed by atoms with Crippen LogP contribution >= 0.6 is 0 Å². The summed E-state index contributed by atoms with van der Waals surface area (Å²) < 4.78 is 0. The zero-order valence-electron chi connectivity index (χ0n) is 6.65. The maximum absolute atomic E-state index is 10.1. The Bertz CT molecular complexity index is 185. The maximum atomic E-state index is 10.1. The predicted octanol–water partition coefficient (Wildman–Crippen LogP) is -8.49. The Kier molecular flexibility index (Phi) is 8.84. The molecule has 0 aromatic carbocycles. The van der Waals surface area contributed by atoms with E-state index < -0.39 is 7.12 Å². The average Bonchev–Trinajstić information content (AvgIpc) is 1.90. The molecular formula is C5H4BLi2NO2. The minimum Gasteiger partial charge on any atom is -0.889 e. The van der Waals surface area contributed by atoms with Crippen LogP contribution in [0.15, 0.2) is 24.5 Å². The van der Waals surface area contributed by atoms with Crippen molar-refractivity contribution in [2.24, 2.45) is 0 Å². The molecule has 46 valence electrons. The Labute approximate surface area is 89.7 Å². The van der Waals surface area contributed by atoms with Crippen LogP contribution in [0.2, 0.25) is 0 Å². The molecule has 0 bridgehead atoms. The van der Waals surface area contributed by atoms with Gasteiger partial charge >= 0.3 is 37.7 Å². The van der Waals surface area contributed by atoms with Crippen LogP contribution in [0.4, 0.5) is 0 Å². The quantitative estimate of drug-likeness (QED) is 0.359. The van der Waals surface area contributed by atoms with E-state index in [0.29, 0.717) is 0 Å². The van der Waals surface area contributed by atoms with Gasteiger partial charge in [0.15, 0.2) is 0 Å². The van der Waals surface area contributed by atoms with Gasteiger partial charge in [0.25, 0.3) is 0 Å². The molecule has 1 rings (SSSR count). The first-order valence-electron chi connectivity index (χ1n) is 2.52. The van der Waals surface area contributed by atoms with Gasteiger partial charge in [-0.1, -0.05) is 19.3 Å². The first kappa shape index (κ1) is 13.9. The van der Waals surface area contributed by atoms with Gasteiger partial charge in [0, 0.05) is 12.4 Å². The van der Waals surface area contributed by atoms with Crippen molar-refractivity contribution >= 4 is 12.6 Å². The molecule has 3 nitrogen and oxygen atoms in total. The molecule has 0 atom stereocenters. The van der Waals surface area contributed by atoms with Gasteiger partial charge in [0.05, 0.1) is 0 Å². The Morgan fingerprint density at radius 2 is 1.55 bits per heavy atom. The van der Waals surface area contributed by atoms with E-state index in [1.807, 2.05) is 0 Å². The summed E-state index contributed by atoms with van der Waals surface area (Å²) in [6, 6.07) is 2.84. The van der Waals surface area contributed by atoms with Gasteiger partial charge in [-0.25, -0.2) is 0 Å². The van der Waals surface area contributed by atoms with Gasteiger partial charge < -0.3 is 10.0 Å². The largest absolute Gasteiger partial charge is 1.00 e. The molecule has 0 N–H and O–H groups in total. The fraction of sp³-hybridized carbons (Fsp3) is 0. The maximum Gasteiger partial charge on any atom is 1.00 e. The third kappa shape index (κ3) is 4.71. The summed E-state index contributed by atoms with van der Waals surface area (Å²) in [6.07, 6.45) is 2.86. The molecule has 0 radical (unpaired) electrons. The average molecular weight is 135 g/mol. The van der Waals surface area contributed by atoms with Crippen LogP contribution in [0.25, 0.3) is 0 Å². The molecule has 0 aliphatic rings. The normalized spacial score (nSPS) is 7.45. The van der Waals surface area contributed by atoms with E-state index in [4.69, 9.17) is 0 Å². The summed E-state index contributed by atoms with van der Waals surface area (Å²) in [7, 11) is -1.88. The van der Waals surface area contributed by atoms with Crippen molar-refractivity contribution in [2.45, 2.75) is 0 Å². The smallest absolute Gasteiger partial charge is 0.889 e. The van der Waals surface area contributed by atoms with Crippen molar-refractivity contribution in [1.82, 2.24) is 4.98 Å². The van der Waals surface area contributed by atoms with Crippen LogP contribution in [0.5, 0.6) is 0 Å². The zero-order chi connectivity index (χ0) is 6.69. The van der Waals surface area contributed by atoms with E-state index in [9.17, 15) is 10.0 Å². The van der Waals surface area contributed by atoms with Gasteiger partial charge in [0.1, 0.15) is 0 Å². The van der Waals surface area contributed by atoms with Crippen molar-refractivity contribution in [3.63, 3.8) is 0 Å². The second-order valence-electron chi connectivity index (χ2n) is 1.61. The Hall–Kier alpha value is 0.330. The molecule has 11 heavy (non-hydrogen) atoms. The number of hydrogen-bond acceptors (Lipinski definition) is 3. The van der Waals surface area contributed by atoms with E-state index in [0.717, 1.165) is 0 Å². The van der Waals surface area contributed by atoms with Crippen molar-refractivity contribution in [3.8, 4) is 0 Å². The monoisotopic (exact) mass is 135 g/mol. The molecule has 1 aromatic heterocycles. The van der Waals surface area contributed by atoms with Crippen LogP contribution in [0, 0.1) is 0 Å². The first-order valence-corrected chi connectivity index (χ1v) is 2.52. The molecule has 0 aliphatic carbocycles. The Morgan fingerprint density at radius 3 is 1.82 bits per heavy atom. The van der Waals surface area contributed by atoms with Crippen LogP contribution in [-0.4, -0.2) is 12.1 Å². The van der Waals surface area contributed by atoms with Crippen LogP contribution < -0.4 is 53.2 Å². The molecule has 0 unspecified atom stereocenters. The summed E-state index contributed by atoms with van der Waals surface area (Å²) in [4.78, 5) is 3.65. The van der Waals surface area contributed by atoms with E-state index in [1.54, 1.807) is 0 Å². The fourth-order valence-electron chi connectivity index (χ4n) is 0.521. The van der Waals surface area contributed by atoms with Crippen molar-refractivity contribution in [1.29, 1.82) is 0 Å². The summed E-state index contributed by atoms with van der Waals surface area (Å²) in [6.45, 7) is 0. The van der Waals surface area contributed by atoms with E-state index in [2.05, 4.69) is 4.98 Å². The SMILES string of the molecule is [Li+].[Li+].[O-]B([O-])c1ccncc1. The number of pyridine rings is 1. The number of hydrogen-bond donors (Lipinski definition) is 0. The first-order chi connectivity index (χ1) is 4.30. The third-order valence-corrected chi connectivity index (χ3v) is 0.978. The second-order valence-corrected chi connectivity index (χ2v) is 1.61. The van der Waals surface area contributed by atoms with E-state index in [-0.39, 0.29) is 43.2 Å². The topological polar surface area (TPSA) is 59.0 Å². The standard InChI is InChI=1S/C5H4BNO2.2Li/c8-6(9)5-1-3-7-4-2-5;;/h1-4H;;/q-2;2*+1. The number of nitrogens with zero attached hydrogens (tertiary/aromatic N) is 1. The second kappa shape index (κ2) is 7.00. The summed E-state index contributed by atoms with van der Waals surface area (Å²) in [5.41, 5.74) is 0.241. The molecule has 1 heterocycles. The van der Waals surface area contributed by atoms with Crippen molar-refractivity contribution < 1.29 is 47.8 Å². The summed E-state index contributed by atoms with van der Waals surface area (Å²) in [5, 5.41) is 20.3. The van der Waals surface area contributed by atoms with Crippen molar-refractivity contribution in [3.05, 3.63) is 24.5 Å². The zero-order valence-corrected chi connectivity index (χ0v) is 6.65. The minimum absolute atomic E-state index is 0. The van der Waals surface area contributed by atoms with Crippen molar-refractivity contribution in [2.75, 3.05) is 0 Å². The van der Waals surface area contributed by atoms with E-state index in [1.165, 1.54) is 24.5 Å². The number of rotatable bonds is 1.